The number of furan rings is 1. The molecule has 1 aliphatic carbocycles. The van der Waals surface area contributed by atoms with E-state index in [1.165, 1.54) is 6.42 Å². The van der Waals surface area contributed by atoms with Gasteiger partial charge in [-0.3, -0.25) is 9.59 Å². The number of carbonyl (C=O) groups is 2. The van der Waals surface area contributed by atoms with Gasteiger partial charge in [0.25, 0.3) is 5.91 Å². The van der Waals surface area contributed by atoms with Gasteiger partial charge in [0, 0.05) is 24.7 Å². The van der Waals surface area contributed by atoms with Crippen LogP contribution in [-0.4, -0.2) is 39.5 Å². The van der Waals surface area contributed by atoms with Gasteiger partial charge in [0.05, 0.1) is 24.9 Å². The van der Waals surface area contributed by atoms with Crippen molar-refractivity contribution in [3.05, 3.63) is 53.9 Å². The molecule has 0 saturated heterocycles. The van der Waals surface area contributed by atoms with Gasteiger partial charge in [-0.2, -0.15) is 0 Å². The minimum absolute atomic E-state index is 0.0958. The average molecular weight is 464 g/mol. The highest BCUT2D eigenvalue weighted by Crippen LogP contribution is 2.35. The SMILES string of the molecule is CCOc1ccc(CN2C(=O)c3cc4occc4n3C[C@]2(C)C(=O)N[C@H]2CCCC[C@@H]2C)cc1. The quantitative estimate of drug-likeness (QED) is 0.573. The van der Waals surface area contributed by atoms with Crippen LogP contribution < -0.4 is 10.1 Å². The van der Waals surface area contributed by atoms with E-state index >= 15 is 0 Å². The second kappa shape index (κ2) is 8.85. The minimum Gasteiger partial charge on any atom is -0.494 e. The van der Waals surface area contributed by atoms with Crippen LogP contribution in [0.25, 0.3) is 11.1 Å². The molecule has 180 valence electrons. The molecule has 1 fully saturated rings. The van der Waals surface area contributed by atoms with Crippen LogP contribution in [0.4, 0.5) is 0 Å². The molecule has 1 aromatic carbocycles. The fourth-order valence-electron chi connectivity index (χ4n) is 5.42. The van der Waals surface area contributed by atoms with Gasteiger partial charge in [0.15, 0.2) is 5.58 Å². The predicted molar refractivity (Wildman–Crippen MR) is 130 cm³/mol. The summed E-state index contributed by atoms with van der Waals surface area (Å²) in [6.45, 7) is 7.35. The number of nitrogens with zero attached hydrogens (tertiary/aromatic N) is 2. The van der Waals surface area contributed by atoms with Crippen LogP contribution in [0.2, 0.25) is 0 Å². The number of rotatable bonds is 6. The van der Waals surface area contributed by atoms with Crippen LogP contribution in [-0.2, 0) is 17.9 Å². The Kier molecular flexibility index (Phi) is 5.88. The standard InChI is InChI=1S/C27H33N3O4/c1-4-33-20-11-9-19(10-12-20)16-30-25(31)23-15-24-22(13-14-34-24)29(23)17-27(30,3)26(32)28-21-8-6-5-7-18(21)2/h9-15,18,21H,4-8,16-17H2,1-3H3,(H,28,32)/t18-,21-,27+/m0/s1. The molecule has 3 atom stereocenters. The van der Waals surface area contributed by atoms with E-state index in [1.807, 2.05) is 48.7 Å². The van der Waals surface area contributed by atoms with Gasteiger partial charge in [-0.15, -0.1) is 0 Å². The summed E-state index contributed by atoms with van der Waals surface area (Å²) < 4.78 is 13.1. The summed E-state index contributed by atoms with van der Waals surface area (Å²) in [4.78, 5) is 29.4. The first kappa shape index (κ1) is 22.6. The Morgan fingerprint density at radius 3 is 2.71 bits per heavy atom. The average Bonchev–Trinajstić information content (AvgIpc) is 3.42. The number of fused-ring (bicyclic) bond motifs is 3. The Labute approximate surface area is 200 Å². The summed E-state index contributed by atoms with van der Waals surface area (Å²) in [5.41, 5.74) is 1.97. The first-order valence-corrected chi connectivity index (χ1v) is 12.3. The number of carbonyl (C=O) groups excluding carboxylic acids is 2. The number of benzene rings is 1. The Morgan fingerprint density at radius 1 is 1.21 bits per heavy atom. The summed E-state index contributed by atoms with van der Waals surface area (Å²) in [7, 11) is 0. The molecule has 34 heavy (non-hydrogen) atoms. The monoisotopic (exact) mass is 463 g/mol. The molecule has 1 N–H and O–H groups in total. The molecule has 5 rings (SSSR count). The van der Waals surface area contributed by atoms with E-state index in [4.69, 9.17) is 9.15 Å². The van der Waals surface area contributed by atoms with Crippen LogP contribution in [0.1, 0.15) is 62.5 Å². The Morgan fingerprint density at radius 2 is 1.97 bits per heavy atom. The zero-order valence-corrected chi connectivity index (χ0v) is 20.2. The van der Waals surface area contributed by atoms with Gasteiger partial charge >= 0.3 is 0 Å². The first-order valence-electron chi connectivity index (χ1n) is 12.3. The Bertz CT molecular complexity index is 1190. The topological polar surface area (TPSA) is 76.7 Å². The molecule has 7 heteroatoms. The van der Waals surface area contributed by atoms with Crippen molar-refractivity contribution in [3.8, 4) is 5.75 Å². The van der Waals surface area contributed by atoms with Crippen LogP contribution in [0, 0.1) is 5.92 Å². The van der Waals surface area contributed by atoms with E-state index in [0.717, 1.165) is 36.1 Å². The van der Waals surface area contributed by atoms with E-state index in [2.05, 4.69) is 12.2 Å². The molecule has 2 aromatic heterocycles. The van der Waals surface area contributed by atoms with Crippen LogP contribution in [0.3, 0.4) is 0 Å². The van der Waals surface area contributed by atoms with Gasteiger partial charge in [-0.05, 0) is 50.3 Å². The molecule has 3 heterocycles. The summed E-state index contributed by atoms with van der Waals surface area (Å²) in [6.07, 6.45) is 6.05. The van der Waals surface area contributed by atoms with Crippen molar-refractivity contribution in [2.45, 2.75) is 71.1 Å². The third kappa shape index (κ3) is 3.87. The van der Waals surface area contributed by atoms with Gasteiger partial charge in [0.2, 0.25) is 5.91 Å². The first-order chi connectivity index (χ1) is 16.4. The zero-order valence-electron chi connectivity index (χ0n) is 20.2. The predicted octanol–water partition coefficient (Wildman–Crippen LogP) is 4.74. The summed E-state index contributed by atoms with van der Waals surface area (Å²) in [5.74, 6) is 0.961. The van der Waals surface area contributed by atoms with E-state index in [-0.39, 0.29) is 17.9 Å². The van der Waals surface area contributed by atoms with Crippen molar-refractivity contribution in [2.75, 3.05) is 6.61 Å². The second-order valence-corrected chi connectivity index (χ2v) is 9.87. The molecule has 0 spiro atoms. The Balaban J connectivity index is 1.49. The smallest absolute Gasteiger partial charge is 0.271 e. The molecule has 0 radical (unpaired) electrons. The highest BCUT2D eigenvalue weighted by molar-refractivity contribution is 6.02. The van der Waals surface area contributed by atoms with Gasteiger partial charge in [-0.25, -0.2) is 0 Å². The van der Waals surface area contributed by atoms with Crippen molar-refractivity contribution in [2.24, 2.45) is 5.92 Å². The lowest BCUT2D eigenvalue weighted by atomic mass is 9.85. The third-order valence-corrected chi connectivity index (χ3v) is 7.54. The fraction of sp³-hybridized carbons (Fsp3) is 0.481. The lowest BCUT2D eigenvalue weighted by Gasteiger charge is -2.45. The summed E-state index contributed by atoms with van der Waals surface area (Å²) in [6, 6.07) is 11.5. The molecule has 1 aliphatic heterocycles. The maximum absolute atomic E-state index is 13.9. The number of ether oxygens (including phenoxy) is 1. The summed E-state index contributed by atoms with van der Waals surface area (Å²) in [5, 5.41) is 3.32. The van der Waals surface area contributed by atoms with Crippen molar-refractivity contribution in [1.29, 1.82) is 0 Å². The summed E-state index contributed by atoms with van der Waals surface area (Å²) >= 11 is 0. The van der Waals surface area contributed by atoms with Crippen molar-refractivity contribution >= 4 is 22.9 Å². The lowest BCUT2D eigenvalue weighted by Crippen LogP contribution is -2.65. The van der Waals surface area contributed by atoms with Crippen LogP contribution >= 0.6 is 0 Å². The minimum atomic E-state index is -1.04. The Hall–Kier alpha value is -3.22. The van der Waals surface area contributed by atoms with Crippen molar-refractivity contribution in [3.63, 3.8) is 0 Å². The number of amides is 2. The second-order valence-electron chi connectivity index (χ2n) is 9.87. The maximum Gasteiger partial charge on any atom is 0.271 e. The molecule has 0 bridgehead atoms. The molecule has 2 amide bonds. The molecule has 1 saturated carbocycles. The molecule has 3 aromatic rings. The molecular formula is C27H33N3O4. The maximum atomic E-state index is 13.9. The number of aromatic nitrogens is 1. The third-order valence-electron chi connectivity index (χ3n) is 7.54. The van der Waals surface area contributed by atoms with Crippen LogP contribution in [0.15, 0.2) is 47.1 Å². The zero-order chi connectivity index (χ0) is 23.9. The van der Waals surface area contributed by atoms with Gasteiger partial charge < -0.3 is 23.9 Å². The number of hydrogen-bond acceptors (Lipinski definition) is 4. The molecular weight excluding hydrogens is 430 g/mol. The van der Waals surface area contributed by atoms with E-state index in [0.29, 0.717) is 36.9 Å². The van der Waals surface area contributed by atoms with E-state index in [9.17, 15) is 9.59 Å². The van der Waals surface area contributed by atoms with Crippen molar-refractivity contribution < 1.29 is 18.7 Å². The molecule has 7 nitrogen and oxygen atoms in total. The lowest BCUT2D eigenvalue weighted by molar-refractivity contribution is -0.134. The van der Waals surface area contributed by atoms with Gasteiger partial charge in [-0.1, -0.05) is 31.9 Å². The van der Waals surface area contributed by atoms with Crippen molar-refractivity contribution in [1.82, 2.24) is 14.8 Å². The molecule has 2 aliphatic rings. The molecule has 0 unspecified atom stereocenters. The van der Waals surface area contributed by atoms with E-state index < -0.39 is 5.54 Å². The largest absolute Gasteiger partial charge is 0.494 e. The van der Waals surface area contributed by atoms with Crippen LogP contribution in [0.5, 0.6) is 5.75 Å². The highest BCUT2D eigenvalue weighted by atomic mass is 16.5. The number of nitrogens with one attached hydrogen (secondary N) is 1. The normalized spacial score (nSPS) is 24.8. The number of hydrogen-bond donors (Lipinski definition) is 1. The van der Waals surface area contributed by atoms with E-state index in [1.54, 1.807) is 17.2 Å². The fourth-order valence-corrected chi connectivity index (χ4v) is 5.42. The van der Waals surface area contributed by atoms with Gasteiger partial charge in [0.1, 0.15) is 17.0 Å². The highest BCUT2D eigenvalue weighted by Gasteiger charge is 2.48.